The van der Waals surface area contributed by atoms with Gasteiger partial charge in [0.1, 0.15) is 0 Å². The smallest absolute Gasteiger partial charge is 0.310 e. The Labute approximate surface area is 128 Å². The van der Waals surface area contributed by atoms with E-state index in [1.165, 1.54) is 29.6 Å². The van der Waals surface area contributed by atoms with Crippen LogP contribution in [0, 0.1) is 22.0 Å². The highest BCUT2D eigenvalue weighted by atomic mass is 32.2. The summed E-state index contributed by atoms with van der Waals surface area (Å²) in [5, 5.41) is 14.1. The number of nitro groups is 1. The summed E-state index contributed by atoms with van der Waals surface area (Å²) >= 11 is 0. The van der Waals surface area contributed by atoms with Gasteiger partial charge in [-0.05, 0) is 31.0 Å². The first kappa shape index (κ1) is 15.2. The van der Waals surface area contributed by atoms with Gasteiger partial charge in [0.15, 0.2) is 5.75 Å². The van der Waals surface area contributed by atoms with Crippen LogP contribution in [0.25, 0.3) is 0 Å². The quantitative estimate of drug-likeness (QED) is 0.636. The zero-order valence-corrected chi connectivity index (χ0v) is 12.9. The topological polar surface area (TPSA) is 102 Å². The Kier molecular flexibility index (Phi) is 3.79. The molecule has 9 heteroatoms. The van der Waals surface area contributed by atoms with Crippen molar-refractivity contribution >= 4 is 15.7 Å². The van der Waals surface area contributed by atoms with Gasteiger partial charge in [-0.25, -0.2) is 8.42 Å². The normalized spacial score (nSPS) is 25.1. The second-order valence-corrected chi connectivity index (χ2v) is 7.53. The number of nitro benzene ring substituents is 1. The molecule has 0 unspecified atom stereocenters. The average molecular weight is 327 g/mol. The third kappa shape index (κ3) is 2.44. The molecule has 0 spiro atoms. The molecule has 8 nitrogen and oxygen atoms in total. The monoisotopic (exact) mass is 327 g/mol. The number of benzene rings is 1. The summed E-state index contributed by atoms with van der Waals surface area (Å²) in [6.07, 6.45) is 0. The number of ether oxygens (including phenoxy) is 1. The van der Waals surface area contributed by atoms with Crippen molar-refractivity contribution in [2.24, 2.45) is 11.8 Å². The molecule has 2 atom stereocenters. The molecule has 1 aromatic rings. The summed E-state index contributed by atoms with van der Waals surface area (Å²) in [4.78, 5) is 10.3. The lowest BCUT2D eigenvalue weighted by Gasteiger charge is -2.17. The minimum atomic E-state index is -3.65. The van der Waals surface area contributed by atoms with E-state index in [9.17, 15) is 18.5 Å². The van der Waals surface area contributed by atoms with E-state index in [2.05, 4.69) is 5.32 Å². The van der Waals surface area contributed by atoms with E-state index < -0.39 is 14.9 Å². The van der Waals surface area contributed by atoms with Crippen molar-refractivity contribution in [1.29, 1.82) is 0 Å². The minimum Gasteiger partial charge on any atom is -0.490 e. The molecule has 2 aliphatic heterocycles. The lowest BCUT2D eigenvalue weighted by Crippen LogP contribution is -2.32. The highest BCUT2D eigenvalue weighted by molar-refractivity contribution is 7.89. The zero-order valence-electron chi connectivity index (χ0n) is 12.1. The molecule has 0 aromatic heterocycles. The van der Waals surface area contributed by atoms with Crippen molar-refractivity contribution in [1.82, 2.24) is 9.62 Å². The first-order valence-corrected chi connectivity index (χ1v) is 8.41. The third-order valence-electron chi connectivity index (χ3n) is 4.34. The van der Waals surface area contributed by atoms with Crippen LogP contribution in [0.5, 0.6) is 5.75 Å². The first-order chi connectivity index (χ1) is 10.4. The molecule has 0 bridgehead atoms. The van der Waals surface area contributed by atoms with E-state index in [0.717, 1.165) is 13.1 Å². The van der Waals surface area contributed by atoms with Gasteiger partial charge in [-0.2, -0.15) is 4.31 Å². The van der Waals surface area contributed by atoms with E-state index >= 15 is 0 Å². The second-order valence-electron chi connectivity index (χ2n) is 5.59. The fourth-order valence-electron chi connectivity index (χ4n) is 3.13. The maximum Gasteiger partial charge on any atom is 0.310 e. The molecule has 0 radical (unpaired) electrons. The fourth-order valence-corrected chi connectivity index (χ4v) is 4.70. The Hall–Kier alpha value is -1.71. The largest absolute Gasteiger partial charge is 0.490 e. The van der Waals surface area contributed by atoms with E-state index in [1.54, 1.807) is 0 Å². The van der Waals surface area contributed by atoms with Crippen molar-refractivity contribution in [3.63, 3.8) is 0 Å². The van der Waals surface area contributed by atoms with Gasteiger partial charge in [-0.3, -0.25) is 10.1 Å². The molecule has 120 valence electrons. The van der Waals surface area contributed by atoms with Crippen LogP contribution in [0.4, 0.5) is 5.69 Å². The molecule has 1 aromatic carbocycles. The Bertz CT molecular complexity index is 694. The van der Waals surface area contributed by atoms with Crippen LogP contribution >= 0.6 is 0 Å². The average Bonchev–Trinajstić information content (AvgIpc) is 3.07. The van der Waals surface area contributed by atoms with E-state index in [-0.39, 0.29) is 16.3 Å². The van der Waals surface area contributed by atoms with Crippen molar-refractivity contribution in [3.8, 4) is 5.75 Å². The van der Waals surface area contributed by atoms with E-state index in [1.807, 2.05) is 0 Å². The molecule has 2 fully saturated rings. The highest BCUT2D eigenvalue weighted by Gasteiger charge is 2.41. The summed E-state index contributed by atoms with van der Waals surface area (Å²) in [6, 6.07) is 3.66. The molecule has 1 N–H and O–H groups in total. The summed E-state index contributed by atoms with van der Waals surface area (Å²) < 4.78 is 31.8. The molecular weight excluding hydrogens is 310 g/mol. The number of sulfonamides is 1. The predicted octanol–water partition coefficient (Wildman–Crippen LogP) is 0.443. The highest BCUT2D eigenvalue weighted by Crippen LogP contribution is 2.34. The summed E-state index contributed by atoms with van der Waals surface area (Å²) in [5.74, 6) is 0.636. The molecule has 0 aliphatic carbocycles. The number of rotatable bonds is 4. The van der Waals surface area contributed by atoms with Gasteiger partial charge in [0.05, 0.1) is 16.9 Å². The fraction of sp³-hybridized carbons (Fsp3) is 0.538. The SMILES string of the molecule is COc1cc(S(=O)(=O)N2C[C@H]3CNC[C@H]3C2)ccc1[N+](=O)[O-]. The van der Waals surface area contributed by atoms with Gasteiger partial charge >= 0.3 is 5.69 Å². The van der Waals surface area contributed by atoms with Crippen LogP contribution in [0.2, 0.25) is 0 Å². The van der Waals surface area contributed by atoms with Crippen molar-refractivity contribution in [2.75, 3.05) is 33.3 Å². The van der Waals surface area contributed by atoms with Crippen molar-refractivity contribution < 1.29 is 18.1 Å². The number of hydrogen-bond acceptors (Lipinski definition) is 6. The molecular formula is C13H17N3O5S. The number of nitrogens with one attached hydrogen (secondary N) is 1. The Balaban J connectivity index is 1.91. The van der Waals surface area contributed by atoms with Crippen molar-refractivity contribution in [3.05, 3.63) is 28.3 Å². The van der Waals surface area contributed by atoms with Crippen LogP contribution in [0.3, 0.4) is 0 Å². The number of hydrogen-bond donors (Lipinski definition) is 1. The molecule has 22 heavy (non-hydrogen) atoms. The van der Waals surface area contributed by atoms with Gasteiger partial charge in [-0.1, -0.05) is 0 Å². The van der Waals surface area contributed by atoms with E-state index in [0.29, 0.717) is 24.9 Å². The van der Waals surface area contributed by atoms with Gasteiger partial charge in [-0.15, -0.1) is 0 Å². The lowest BCUT2D eigenvalue weighted by atomic mass is 10.0. The number of fused-ring (bicyclic) bond motifs is 1. The lowest BCUT2D eigenvalue weighted by molar-refractivity contribution is -0.385. The first-order valence-electron chi connectivity index (χ1n) is 6.97. The summed E-state index contributed by atoms with van der Waals surface area (Å²) in [7, 11) is -2.37. The van der Waals surface area contributed by atoms with Crippen LogP contribution in [-0.4, -0.2) is 50.9 Å². The summed E-state index contributed by atoms with van der Waals surface area (Å²) in [6.45, 7) is 2.64. The van der Waals surface area contributed by atoms with Crippen molar-refractivity contribution in [2.45, 2.75) is 4.90 Å². The Morgan fingerprint density at radius 1 is 1.32 bits per heavy atom. The number of nitrogens with zero attached hydrogens (tertiary/aromatic N) is 2. The van der Waals surface area contributed by atoms with Gasteiger partial charge in [0, 0.05) is 25.2 Å². The molecule has 0 amide bonds. The van der Waals surface area contributed by atoms with Crippen LogP contribution < -0.4 is 10.1 Å². The minimum absolute atomic E-state index is 0.0304. The summed E-state index contributed by atoms with van der Waals surface area (Å²) in [5.41, 5.74) is -0.246. The molecule has 3 rings (SSSR count). The maximum absolute atomic E-state index is 12.7. The molecule has 2 heterocycles. The van der Waals surface area contributed by atoms with Crippen LogP contribution in [-0.2, 0) is 10.0 Å². The molecule has 0 saturated carbocycles. The van der Waals surface area contributed by atoms with Gasteiger partial charge in [0.2, 0.25) is 10.0 Å². The maximum atomic E-state index is 12.7. The number of methoxy groups -OCH3 is 1. The van der Waals surface area contributed by atoms with Gasteiger partial charge in [0.25, 0.3) is 0 Å². The zero-order chi connectivity index (χ0) is 15.9. The molecule has 2 aliphatic rings. The Morgan fingerprint density at radius 2 is 1.95 bits per heavy atom. The van der Waals surface area contributed by atoms with Crippen LogP contribution in [0.15, 0.2) is 23.1 Å². The van der Waals surface area contributed by atoms with E-state index in [4.69, 9.17) is 4.74 Å². The second kappa shape index (κ2) is 5.49. The third-order valence-corrected chi connectivity index (χ3v) is 6.17. The van der Waals surface area contributed by atoms with Crippen LogP contribution in [0.1, 0.15) is 0 Å². The predicted molar refractivity (Wildman–Crippen MR) is 78.3 cm³/mol. The standard InChI is InChI=1S/C13H17N3O5S/c1-21-13-4-11(2-3-12(13)16(17)18)22(19,20)15-7-9-5-14-6-10(9)8-15/h2-4,9-10,14H,5-8H2,1H3/t9-,10+. The molecule has 2 saturated heterocycles. The Morgan fingerprint density at radius 3 is 2.50 bits per heavy atom. The van der Waals surface area contributed by atoms with Gasteiger partial charge < -0.3 is 10.1 Å².